The Balaban J connectivity index is 1.37. The molecule has 0 radical (unpaired) electrons. The van der Waals surface area contributed by atoms with Crippen LogP contribution in [0.25, 0.3) is 0 Å². The van der Waals surface area contributed by atoms with E-state index in [1.807, 2.05) is 17.1 Å². The molecule has 9 heteroatoms. The topological polar surface area (TPSA) is 144 Å². The number of aromatic hydroxyl groups is 1. The Hall–Kier alpha value is -3.36. The van der Waals surface area contributed by atoms with Crippen LogP contribution in [0.15, 0.2) is 33.9 Å². The third-order valence-corrected chi connectivity index (χ3v) is 5.97. The van der Waals surface area contributed by atoms with E-state index >= 15 is 0 Å². The van der Waals surface area contributed by atoms with Crippen LogP contribution in [0, 0.1) is 5.92 Å². The Morgan fingerprint density at radius 2 is 1.83 bits per heavy atom. The van der Waals surface area contributed by atoms with Crippen molar-refractivity contribution in [2.75, 3.05) is 0 Å². The molecule has 1 aromatic heterocycles. The van der Waals surface area contributed by atoms with Crippen molar-refractivity contribution < 1.29 is 14.7 Å². The molecule has 0 aliphatic heterocycles. The number of hydrogen-bond donors (Lipinski definition) is 5. The van der Waals surface area contributed by atoms with Crippen LogP contribution in [0.1, 0.15) is 59.8 Å². The second-order valence-corrected chi connectivity index (χ2v) is 7.96. The molecule has 2 aliphatic rings. The second kappa shape index (κ2) is 8.17. The summed E-state index contributed by atoms with van der Waals surface area (Å²) in [7, 11) is 0. The summed E-state index contributed by atoms with van der Waals surface area (Å²) >= 11 is 0. The maximum absolute atomic E-state index is 12.8. The molecule has 0 saturated heterocycles. The van der Waals surface area contributed by atoms with Crippen molar-refractivity contribution in [1.82, 2.24) is 20.6 Å². The standard InChI is InChI=1S/C21H24N4O5/c26-17-16(24-21(30)25-20(17)29)19(28)22-13-9-8-12(10-13)18(27)23-15-7-3-5-11-4-1-2-6-14(11)15/h1-2,4,6,12-13,15,26H,3,5,7-10H2,(H,22,28)(H,23,27)(H2,24,25,29,30)/t12-,13-,15?/m1/s1. The summed E-state index contributed by atoms with van der Waals surface area (Å²) in [5, 5.41) is 15.6. The molecule has 2 amide bonds. The van der Waals surface area contributed by atoms with Crippen molar-refractivity contribution in [2.24, 2.45) is 5.92 Å². The van der Waals surface area contributed by atoms with E-state index in [-0.39, 0.29) is 23.9 Å². The number of hydrogen-bond acceptors (Lipinski definition) is 5. The highest BCUT2D eigenvalue weighted by Crippen LogP contribution is 2.31. The van der Waals surface area contributed by atoms with Gasteiger partial charge in [-0.2, -0.15) is 0 Å². The summed E-state index contributed by atoms with van der Waals surface area (Å²) in [5.74, 6) is -1.84. The molecular formula is C21H24N4O5. The number of carbonyl (C=O) groups excluding carboxylic acids is 2. The van der Waals surface area contributed by atoms with Crippen LogP contribution in [0.3, 0.4) is 0 Å². The predicted molar refractivity (Wildman–Crippen MR) is 108 cm³/mol. The predicted octanol–water partition coefficient (Wildman–Crippen LogP) is 0.861. The molecule has 1 saturated carbocycles. The van der Waals surface area contributed by atoms with Gasteiger partial charge in [-0.3, -0.25) is 24.4 Å². The minimum atomic E-state index is -1.03. The molecule has 1 unspecified atom stereocenters. The van der Waals surface area contributed by atoms with Gasteiger partial charge < -0.3 is 15.7 Å². The van der Waals surface area contributed by atoms with Gasteiger partial charge in [0.15, 0.2) is 5.69 Å². The van der Waals surface area contributed by atoms with Gasteiger partial charge in [0.2, 0.25) is 11.7 Å². The largest absolute Gasteiger partial charge is 0.501 e. The molecule has 5 N–H and O–H groups in total. The fourth-order valence-electron chi connectivity index (χ4n) is 4.45. The summed E-state index contributed by atoms with van der Waals surface area (Å²) in [6, 6.07) is 7.88. The van der Waals surface area contributed by atoms with Crippen LogP contribution in [-0.2, 0) is 11.2 Å². The molecule has 0 bridgehead atoms. The average Bonchev–Trinajstić information content (AvgIpc) is 3.19. The highest BCUT2D eigenvalue weighted by Gasteiger charge is 2.33. The molecule has 1 fully saturated rings. The van der Waals surface area contributed by atoms with Crippen molar-refractivity contribution in [3.8, 4) is 5.75 Å². The lowest BCUT2D eigenvalue weighted by atomic mass is 9.87. The van der Waals surface area contributed by atoms with Gasteiger partial charge >= 0.3 is 5.69 Å². The first-order valence-corrected chi connectivity index (χ1v) is 10.2. The van der Waals surface area contributed by atoms with Crippen LogP contribution in [0.2, 0.25) is 0 Å². The Labute approximate surface area is 171 Å². The van der Waals surface area contributed by atoms with E-state index in [4.69, 9.17) is 0 Å². The summed E-state index contributed by atoms with van der Waals surface area (Å²) in [6.45, 7) is 0. The third-order valence-electron chi connectivity index (χ3n) is 5.97. The SMILES string of the molecule is O=C(N[C@@H]1CC[C@@H](C(=O)NC2CCCc3ccccc32)C1)c1[nH]c(=O)[nH]c(=O)c1O. The van der Waals surface area contributed by atoms with Gasteiger partial charge in [0.25, 0.3) is 11.5 Å². The van der Waals surface area contributed by atoms with Gasteiger partial charge in [-0.1, -0.05) is 24.3 Å². The summed E-state index contributed by atoms with van der Waals surface area (Å²) in [4.78, 5) is 52.0. The Kier molecular flexibility index (Phi) is 5.43. The fourth-order valence-corrected chi connectivity index (χ4v) is 4.45. The number of nitrogens with one attached hydrogen (secondary N) is 4. The van der Waals surface area contributed by atoms with Gasteiger partial charge in [-0.15, -0.1) is 0 Å². The van der Waals surface area contributed by atoms with Crippen molar-refractivity contribution in [1.29, 1.82) is 0 Å². The van der Waals surface area contributed by atoms with Crippen LogP contribution in [-0.4, -0.2) is 32.9 Å². The maximum atomic E-state index is 12.8. The lowest BCUT2D eigenvalue weighted by Gasteiger charge is -2.27. The van der Waals surface area contributed by atoms with Crippen molar-refractivity contribution in [2.45, 2.75) is 50.6 Å². The van der Waals surface area contributed by atoms with Gasteiger partial charge in [-0.25, -0.2) is 4.79 Å². The molecule has 1 heterocycles. The Morgan fingerprint density at radius 1 is 1.03 bits per heavy atom. The summed E-state index contributed by atoms with van der Waals surface area (Å²) in [5.41, 5.74) is 0.0705. The lowest BCUT2D eigenvalue weighted by Crippen LogP contribution is -2.38. The smallest absolute Gasteiger partial charge is 0.326 e. The van der Waals surface area contributed by atoms with E-state index in [0.29, 0.717) is 19.3 Å². The van der Waals surface area contributed by atoms with E-state index in [2.05, 4.69) is 27.8 Å². The van der Waals surface area contributed by atoms with E-state index < -0.39 is 28.6 Å². The molecule has 1 aromatic carbocycles. The molecule has 0 spiro atoms. The van der Waals surface area contributed by atoms with Crippen LogP contribution in [0.4, 0.5) is 0 Å². The monoisotopic (exact) mass is 412 g/mol. The highest BCUT2D eigenvalue weighted by molar-refractivity contribution is 5.94. The van der Waals surface area contributed by atoms with Crippen molar-refractivity contribution in [3.05, 3.63) is 61.9 Å². The molecule has 9 nitrogen and oxygen atoms in total. The number of aromatic amines is 2. The van der Waals surface area contributed by atoms with Crippen molar-refractivity contribution >= 4 is 11.8 Å². The number of amides is 2. The van der Waals surface area contributed by atoms with Gasteiger partial charge in [-0.05, 0) is 49.7 Å². The Bertz CT molecular complexity index is 1090. The molecule has 2 aliphatic carbocycles. The van der Waals surface area contributed by atoms with Crippen LogP contribution in [0.5, 0.6) is 5.75 Å². The first kappa shape index (κ1) is 19.9. The number of rotatable bonds is 4. The first-order chi connectivity index (χ1) is 14.4. The maximum Gasteiger partial charge on any atom is 0.326 e. The zero-order valence-electron chi connectivity index (χ0n) is 16.4. The number of benzene rings is 1. The lowest BCUT2D eigenvalue weighted by molar-refractivity contribution is -0.125. The minimum absolute atomic E-state index is 0.00848. The number of aromatic nitrogens is 2. The molecule has 3 atom stereocenters. The van der Waals surface area contributed by atoms with E-state index in [1.165, 1.54) is 11.1 Å². The number of H-pyrrole nitrogens is 2. The quantitative estimate of drug-likeness (QED) is 0.506. The number of fused-ring (bicyclic) bond motifs is 1. The zero-order valence-corrected chi connectivity index (χ0v) is 16.4. The molecule has 2 aromatic rings. The number of aryl methyl sites for hydroxylation is 1. The fraction of sp³-hybridized carbons (Fsp3) is 0.429. The highest BCUT2D eigenvalue weighted by atomic mass is 16.3. The second-order valence-electron chi connectivity index (χ2n) is 7.96. The average molecular weight is 412 g/mol. The molecule has 158 valence electrons. The Morgan fingerprint density at radius 3 is 2.67 bits per heavy atom. The van der Waals surface area contributed by atoms with Gasteiger partial charge in [0.05, 0.1) is 6.04 Å². The molecule has 30 heavy (non-hydrogen) atoms. The van der Waals surface area contributed by atoms with E-state index in [9.17, 15) is 24.3 Å². The molecular weight excluding hydrogens is 388 g/mol. The van der Waals surface area contributed by atoms with Gasteiger partial charge in [0.1, 0.15) is 0 Å². The summed E-state index contributed by atoms with van der Waals surface area (Å²) < 4.78 is 0. The van der Waals surface area contributed by atoms with Crippen molar-refractivity contribution in [3.63, 3.8) is 0 Å². The van der Waals surface area contributed by atoms with Crippen LogP contribution < -0.4 is 21.9 Å². The number of carbonyl (C=O) groups is 2. The third kappa shape index (κ3) is 4.00. The van der Waals surface area contributed by atoms with Crippen LogP contribution >= 0.6 is 0 Å². The normalized spacial score (nSPS) is 22.9. The minimum Gasteiger partial charge on any atom is -0.501 e. The van der Waals surface area contributed by atoms with E-state index in [0.717, 1.165) is 19.3 Å². The van der Waals surface area contributed by atoms with E-state index in [1.54, 1.807) is 0 Å². The van der Waals surface area contributed by atoms with Gasteiger partial charge in [0, 0.05) is 12.0 Å². The molecule has 4 rings (SSSR count). The zero-order chi connectivity index (χ0) is 21.3. The first-order valence-electron chi connectivity index (χ1n) is 10.2. The summed E-state index contributed by atoms with van der Waals surface area (Å²) in [6.07, 6.45) is 4.65.